The highest BCUT2D eigenvalue weighted by atomic mass is 16.5. The van der Waals surface area contributed by atoms with Gasteiger partial charge in [-0.25, -0.2) is 9.59 Å². The topological polar surface area (TPSA) is 109 Å². The first-order valence-electron chi connectivity index (χ1n) is 8.45. The lowest BCUT2D eigenvalue weighted by molar-refractivity contribution is -0.137. The molecule has 2 saturated heterocycles. The molecule has 0 aliphatic carbocycles. The predicted molar refractivity (Wildman–Crippen MR) is 91.3 cm³/mol. The van der Waals surface area contributed by atoms with Crippen molar-refractivity contribution in [2.45, 2.75) is 43.4 Å². The predicted octanol–water partition coefficient (Wildman–Crippen LogP) is 1.56. The molecule has 1 aromatic rings. The highest BCUT2D eigenvalue weighted by Gasteiger charge is 2.54. The van der Waals surface area contributed by atoms with Gasteiger partial charge in [-0.05, 0) is 26.3 Å². The molecule has 3 unspecified atom stereocenters. The fraction of sp³-hybridized carbons (Fsp3) is 0.500. The Balaban J connectivity index is 1.89. The molecule has 0 aromatic carbocycles. The van der Waals surface area contributed by atoms with Crippen LogP contribution in [0.1, 0.15) is 25.7 Å². The number of rotatable bonds is 6. The molecule has 0 amide bonds. The number of hydrogen-bond acceptors (Lipinski definition) is 6. The molecule has 140 valence electrons. The molecule has 3 rings (SSSR count). The third-order valence-electron chi connectivity index (χ3n) is 5.41. The lowest BCUT2D eigenvalue weighted by atomic mass is 9.80. The number of hydrogen-bond donors (Lipinski definition) is 2. The number of piperidine rings is 1. The van der Waals surface area contributed by atoms with Gasteiger partial charge in [0.05, 0.1) is 18.2 Å². The SMILES string of the molecule is COc1cccc(OC2CC3CCC(/C(=C\C(=O)O)C(=O)O)(C2)N3C)n1. The first-order valence-corrected chi connectivity index (χ1v) is 8.45. The first kappa shape index (κ1) is 18.2. The second-order valence-corrected chi connectivity index (χ2v) is 6.73. The van der Waals surface area contributed by atoms with Gasteiger partial charge in [0.2, 0.25) is 11.8 Å². The molecule has 3 heterocycles. The minimum atomic E-state index is -1.26. The Kier molecular flexibility index (Phi) is 4.86. The minimum absolute atomic E-state index is 0.0955. The van der Waals surface area contributed by atoms with Crippen LogP contribution >= 0.6 is 0 Å². The second-order valence-electron chi connectivity index (χ2n) is 6.73. The van der Waals surface area contributed by atoms with Crippen molar-refractivity contribution >= 4 is 11.9 Å². The van der Waals surface area contributed by atoms with E-state index in [1.54, 1.807) is 18.2 Å². The van der Waals surface area contributed by atoms with E-state index in [0.717, 1.165) is 18.9 Å². The third-order valence-corrected chi connectivity index (χ3v) is 5.41. The van der Waals surface area contributed by atoms with Gasteiger partial charge in [0.1, 0.15) is 6.10 Å². The van der Waals surface area contributed by atoms with Crippen molar-refractivity contribution in [2.24, 2.45) is 0 Å². The average molecular weight is 362 g/mol. The van der Waals surface area contributed by atoms with Gasteiger partial charge >= 0.3 is 11.9 Å². The van der Waals surface area contributed by atoms with Gasteiger partial charge in [0.15, 0.2) is 0 Å². The smallest absolute Gasteiger partial charge is 0.333 e. The summed E-state index contributed by atoms with van der Waals surface area (Å²) in [6.45, 7) is 0. The van der Waals surface area contributed by atoms with Crippen molar-refractivity contribution in [1.29, 1.82) is 0 Å². The van der Waals surface area contributed by atoms with Crippen LogP contribution in [0, 0.1) is 0 Å². The molecule has 2 N–H and O–H groups in total. The Morgan fingerprint density at radius 2 is 2.08 bits per heavy atom. The number of methoxy groups -OCH3 is 1. The van der Waals surface area contributed by atoms with Crippen LogP contribution in [-0.2, 0) is 9.59 Å². The van der Waals surface area contributed by atoms with Gasteiger partial charge in [-0.1, -0.05) is 6.07 Å². The number of pyridine rings is 1. The van der Waals surface area contributed by atoms with Crippen molar-refractivity contribution in [3.63, 3.8) is 0 Å². The third kappa shape index (κ3) is 3.24. The lowest BCUT2D eigenvalue weighted by Gasteiger charge is -2.45. The summed E-state index contributed by atoms with van der Waals surface area (Å²) in [6.07, 6.45) is 3.07. The van der Waals surface area contributed by atoms with Crippen LogP contribution in [0.3, 0.4) is 0 Å². The van der Waals surface area contributed by atoms with E-state index in [9.17, 15) is 14.7 Å². The summed E-state index contributed by atoms with van der Waals surface area (Å²) in [5, 5.41) is 18.7. The van der Waals surface area contributed by atoms with E-state index in [2.05, 4.69) is 4.98 Å². The van der Waals surface area contributed by atoms with Crippen molar-refractivity contribution in [1.82, 2.24) is 9.88 Å². The zero-order chi connectivity index (χ0) is 18.9. The number of carboxylic acids is 2. The highest BCUT2D eigenvalue weighted by molar-refractivity contribution is 5.96. The summed E-state index contributed by atoms with van der Waals surface area (Å²) in [6, 6.07) is 5.34. The molecule has 2 fully saturated rings. The Hall–Kier alpha value is -2.61. The van der Waals surface area contributed by atoms with Gasteiger partial charge in [0, 0.05) is 30.7 Å². The van der Waals surface area contributed by atoms with Crippen molar-refractivity contribution in [3.05, 3.63) is 29.8 Å². The maximum atomic E-state index is 11.8. The van der Waals surface area contributed by atoms with E-state index in [-0.39, 0.29) is 17.7 Å². The number of nitrogens with zero attached hydrogens (tertiary/aromatic N) is 2. The number of likely N-dealkylation sites (N-methyl/N-ethyl adjacent to an activating group) is 1. The van der Waals surface area contributed by atoms with Crippen LogP contribution in [-0.4, -0.2) is 63.9 Å². The Morgan fingerprint density at radius 3 is 2.73 bits per heavy atom. The van der Waals surface area contributed by atoms with Gasteiger partial charge in [-0.2, -0.15) is 4.98 Å². The number of aliphatic carboxylic acids is 2. The van der Waals surface area contributed by atoms with Crippen LogP contribution in [0.25, 0.3) is 0 Å². The maximum Gasteiger partial charge on any atom is 0.333 e. The van der Waals surface area contributed by atoms with Crippen LogP contribution in [0.2, 0.25) is 0 Å². The summed E-state index contributed by atoms with van der Waals surface area (Å²) in [4.78, 5) is 29.2. The molecule has 0 saturated carbocycles. The van der Waals surface area contributed by atoms with E-state index in [1.807, 2.05) is 11.9 Å². The molecule has 0 spiro atoms. The molecular weight excluding hydrogens is 340 g/mol. The average Bonchev–Trinajstić information content (AvgIpc) is 2.79. The first-order chi connectivity index (χ1) is 12.4. The van der Waals surface area contributed by atoms with E-state index < -0.39 is 17.5 Å². The number of fused-ring (bicyclic) bond motifs is 2. The van der Waals surface area contributed by atoms with E-state index in [4.69, 9.17) is 14.6 Å². The highest BCUT2D eigenvalue weighted by Crippen LogP contribution is 2.48. The molecule has 1 aromatic heterocycles. The molecule has 8 heteroatoms. The fourth-order valence-electron chi connectivity index (χ4n) is 4.20. The van der Waals surface area contributed by atoms with Gasteiger partial charge in [-0.15, -0.1) is 0 Å². The van der Waals surface area contributed by atoms with E-state index in [1.165, 1.54) is 7.11 Å². The molecule has 26 heavy (non-hydrogen) atoms. The minimum Gasteiger partial charge on any atom is -0.481 e. The summed E-state index contributed by atoms with van der Waals surface area (Å²) >= 11 is 0. The Morgan fingerprint density at radius 1 is 1.35 bits per heavy atom. The van der Waals surface area contributed by atoms with Crippen molar-refractivity contribution < 1.29 is 29.3 Å². The zero-order valence-corrected chi connectivity index (χ0v) is 14.7. The summed E-state index contributed by atoms with van der Waals surface area (Å²) in [5.41, 5.74) is -0.946. The lowest BCUT2D eigenvalue weighted by Crippen LogP contribution is -2.55. The molecule has 2 bridgehead atoms. The Bertz CT molecular complexity index is 749. The van der Waals surface area contributed by atoms with E-state index >= 15 is 0 Å². The molecular formula is C18H22N2O6. The standard InChI is InChI=1S/C18H22N2O6/c1-20-11-6-7-18(20,13(17(23)24)9-16(21)22)10-12(8-11)26-15-5-3-4-14(19-15)25-2/h3-5,9,11-12H,6-8,10H2,1-2H3,(H,21,22)(H,23,24)/b13-9-. The summed E-state index contributed by atoms with van der Waals surface area (Å²) in [5.74, 6) is -1.62. The van der Waals surface area contributed by atoms with Gasteiger partial charge < -0.3 is 19.7 Å². The number of carboxylic acid groups (broad SMARTS) is 2. The quantitative estimate of drug-likeness (QED) is 0.734. The molecule has 2 aliphatic heterocycles. The zero-order valence-electron chi connectivity index (χ0n) is 14.7. The maximum absolute atomic E-state index is 11.8. The number of aromatic nitrogens is 1. The molecule has 0 radical (unpaired) electrons. The fourth-order valence-corrected chi connectivity index (χ4v) is 4.20. The van der Waals surface area contributed by atoms with Crippen LogP contribution < -0.4 is 9.47 Å². The second kappa shape index (κ2) is 6.95. The van der Waals surface area contributed by atoms with Crippen molar-refractivity contribution in [2.75, 3.05) is 14.2 Å². The van der Waals surface area contributed by atoms with E-state index in [0.29, 0.717) is 24.6 Å². The monoisotopic (exact) mass is 362 g/mol. The normalized spacial score (nSPS) is 28.6. The molecule has 3 atom stereocenters. The van der Waals surface area contributed by atoms with Gasteiger partial charge in [-0.3, -0.25) is 4.90 Å². The summed E-state index contributed by atoms with van der Waals surface area (Å²) < 4.78 is 11.1. The number of carbonyl (C=O) groups is 2. The van der Waals surface area contributed by atoms with Crippen LogP contribution in [0.5, 0.6) is 11.8 Å². The van der Waals surface area contributed by atoms with Gasteiger partial charge in [0.25, 0.3) is 0 Å². The number of ether oxygens (including phenoxy) is 2. The molecule has 8 nitrogen and oxygen atoms in total. The summed E-state index contributed by atoms with van der Waals surface area (Å²) in [7, 11) is 3.38. The van der Waals surface area contributed by atoms with Crippen LogP contribution in [0.4, 0.5) is 0 Å². The Labute approximate surface area is 151 Å². The largest absolute Gasteiger partial charge is 0.481 e. The van der Waals surface area contributed by atoms with Crippen molar-refractivity contribution in [3.8, 4) is 11.8 Å². The molecule has 2 aliphatic rings. The van der Waals surface area contributed by atoms with Crippen LogP contribution in [0.15, 0.2) is 29.8 Å².